The number of nitrogens with zero attached hydrogens (tertiary/aromatic N) is 1. The third kappa shape index (κ3) is 4.35. The number of amides is 1. The smallest absolute Gasteiger partial charge is 0.271 e. The van der Waals surface area contributed by atoms with E-state index in [-0.39, 0.29) is 10.1 Å². The molecule has 1 N–H and O–H groups in total. The Balaban J connectivity index is 1.50. The van der Waals surface area contributed by atoms with E-state index in [0.717, 1.165) is 40.1 Å². The Bertz CT molecular complexity index is 1310. The SMILES string of the molecule is CCc1oc2ccccc2c1CN(C)C(=O)c1ccc(NS(=O)(=O)c2cccs2)cc1. The summed E-state index contributed by atoms with van der Waals surface area (Å²) in [5.74, 6) is 0.721. The van der Waals surface area contributed by atoms with Gasteiger partial charge >= 0.3 is 0 Å². The van der Waals surface area contributed by atoms with Crippen LogP contribution < -0.4 is 4.72 Å². The van der Waals surface area contributed by atoms with E-state index in [1.165, 1.54) is 0 Å². The molecule has 0 fully saturated rings. The molecule has 8 heteroatoms. The Kier molecular flexibility index (Phi) is 5.84. The molecule has 4 aromatic rings. The number of nitrogens with one attached hydrogen (secondary N) is 1. The average Bonchev–Trinajstić information content (AvgIpc) is 3.43. The third-order valence-electron chi connectivity index (χ3n) is 4.99. The fourth-order valence-electron chi connectivity index (χ4n) is 3.44. The summed E-state index contributed by atoms with van der Waals surface area (Å²) in [5, 5.41) is 2.72. The Morgan fingerprint density at radius 3 is 2.48 bits per heavy atom. The summed E-state index contributed by atoms with van der Waals surface area (Å²) in [7, 11) is -1.87. The number of hydrogen-bond acceptors (Lipinski definition) is 5. The van der Waals surface area contributed by atoms with Gasteiger partial charge in [0.25, 0.3) is 15.9 Å². The summed E-state index contributed by atoms with van der Waals surface area (Å²) < 4.78 is 33.4. The molecule has 0 aliphatic carbocycles. The number of rotatable bonds is 7. The van der Waals surface area contributed by atoms with Crippen LogP contribution in [0.3, 0.4) is 0 Å². The molecule has 0 saturated carbocycles. The molecule has 4 rings (SSSR count). The molecule has 0 atom stereocenters. The van der Waals surface area contributed by atoms with Crippen molar-refractivity contribution in [3.05, 3.63) is 82.9 Å². The first-order chi connectivity index (χ1) is 14.9. The molecule has 160 valence electrons. The van der Waals surface area contributed by atoms with Gasteiger partial charge in [0.15, 0.2) is 0 Å². The van der Waals surface area contributed by atoms with Crippen molar-refractivity contribution >= 4 is 43.9 Å². The summed E-state index contributed by atoms with van der Waals surface area (Å²) in [6.07, 6.45) is 0.741. The van der Waals surface area contributed by atoms with Gasteiger partial charge in [-0.3, -0.25) is 9.52 Å². The van der Waals surface area contributed by atoms with Crippen LogP contribution in [0.4, 0.5) is 5.69 Å². The largest absolute Gasteiger partial charge is 0.461 e. The highest BCUT2D eigenvalue weighted by atomic mass is 32.2. The molecule has 6 nitrogen and oxygen atoms in total. The maximum Gasteiger partial charge on any atom is 0.271 e. The zero-order chi connectivity index (χ0) is 22.0. The molecule has 0 unspecified atom stereocenters. The first-order valence-corrected chi connectivity index (χ1v) is 12.2. The second kappa shape index (κ2) is 8.56. The zero-order valence-corrected chi connectivity index (χ0v) is 18.8. The van der Waals surface area contributed by atoms with Crippen molar-refractivity contribution in [3.63, 3.8) is 0 Å². The fraction of sp³-hybridized carbons (Fsp3) is 0.174. The van der Waals surface area contributed by atoms with E-state index >= 15 is 0 Å². The Hall–Kier alpha value is -3.10. The van der Waals surface area contributed by atoms with Crippen LogP contribution in [0.5, 0.6) is 0 Å². The normalized spacial score (nSPS) is 11.5. The third-order valence-corrected chi connectivity index (χ3v) is 7.77. The van der Waals surface area contributed by atoms with Crippen LogP contribution in [-0.4, -0.2) is 26.3 Å². The van der Waals surface area contributed by atoms with Gasteiger partial charge in [0.05, 0.1) is 0 Å². The predicted octanol–water partition coefficient (Wildman–Crippen LogP) is 5.13. The Labute approximate surface area is 185 Å². The highest BCUT2D eigenvalue weighted by molar-refractivity contribution is 7.94. The van der Waals surface area contributed by atoms with Crippen LogP contribution in [0.2, 0.25) is 0 Å². The number of carbonyl (C=O) groups is 1. The predicted molar refractivity (Wildman–Crippen MR) is 123 cm³/mol. The van der Waals surface area contributed by atoms with E-state index in [1.54, 1.807) is 53.7 Å². The number of para-hydroxylation sites is 1. The minimum Gasteiger partial charge on any atom is -0.461 e. The van der Waals surface area contributed by atoms with Crippen molar-refractivity contribution in [2.45, 2.75) is 24.1 Å². The number of anilines is 1. The molecule has 0 spiro atoms. The van der Waals surface area contributed by atoms with Gasteiger partial charge in [0.1, 0.15) is 15.6 Å². The number of sulfonamides is 1. The molecule has 0 bridgehead atoms. The number of fused-ring (bicyclic) bond motifs is 1. The lowest BCUT2D eigenvalue weighted by Crippen LogP contribution is -2.26. The topological polar surface area (TPSA) is 79.6 Å². The molecule has 1 amide bonds. The van der Waals surface area contributed by atoms with Gasteiger partial charge in [-0.15, -0.1) is 11.3 Å². The molecular weight excluding hydrogens is 432 g/mol. The van der Waals surface area contributed by atoms with Gasteiger partial charge in [0.2, 0.25) is 0 Å². The quantitative estimate of drug-likeness (QED) is 0.420. The van der Waals surface area contributed by atoms with E-state index in [2.05, 4.69) is 4.72 Å². The lowest BCUT2D eigenvalue weighted by Gasteiger charge is -2.18. The summed E-state index contributed by atoms with van der Waals surface area (Å²) in [4.78, 5) is 14.6. The summed E-state index contributed by atoms with van der Waals surface area (Å²) in [6, 6.07) is 17.5. The zero-order valence-electron chi connectivity index (χ0n) is 17.2. The van der Waals surface area contributed by atoms with Gasteiger partial charge in [-0.1, -0.05) is 31.2 Å². The van der Waals surface area contributed by atoms with E-state index in [4.69, 9.17) is 4.42 Å². The molecule has 31 heavy (non-hydrogen) atoms. The maximum absolute atomic E-state index is 12.9. The van der Waals surface area contributed by atoms with Crippen LogP contribution in [-0.2, 0) is 23.0 Å². The minimum absolute atomic E-state index is 0.153. The van der Waals surface area contributed by atoms with Crippen LogP contribution in [0.25, 0.3) is 11.0 Å². The average molecular weight is 455 g/mol. The molecule has 2 aromatic carbocycles. The summed E-state index contributed by atoms with van der Waals surface area (Å²) in [5.41, 5.74) is 2.71. The Morgan fingerprint density at radius 1 is 1.06 bits per heavy atom. The first kappa shape index (κ1) is 21.1. The molecular formula is C23H22N2O4S2. The highest BCUT2D eigenvalue weighted by Crippen LogP contribution is 2.28. The molecule has 2 heterocycles. The van der Waals surface area contributed by atoms with Crippen molar-refractivity contribution in [2.24, 2.45) is 0 Å². The van der Waals surface area contributed by atoms with Crippen molar-refractivity contribution in [1.82, 2.24) is 4.90 Å². The van der Waals surface area contributed by atoms with E-state index in [0.29, 0.717) is 17.8 Å². The van der Waals surface area contributed by atoms with E-state index < -0.39 is 10.0 Å². The molecule has 0 radical (unpaired) electrons. The molecule has 2 aromatic heterocycles. The van der Waals surface area contributed by atoms with Gasteiger partial charge in [-0.05, 0) is 41.8 Å². The molecule has 0 aliphatic rings. The molecule has 0 saturated heterocycles. The van der Waals surface area contributed by atoms with Crippen molar-refractivity contribution in [2.75, 3.05) is 11.8 Å². The van der Waals surface area contributed by atoms with Crippen molar-refractivity contribution in [1.29, 1.82) is 0 Å². The van der Waals surface area contributed by atoms with Crippen LogP contribution >= 0.6 is 11.3 Å². The fourth-order valence-corrected chi connectivity index (χ4v) is 5.49. The van der Waals surface area contributed by atoms with Crippen molar-refractivity contribution < 1.29 is 17.6 Å². The monoisotopic (exact) mass is 454 g/mol. The lowest BCUT2D eigenvalue weighted by atomic mass is 10.1. The standard InChI is InChI=1S/C23H22N2O4S2/c1-3-20-19(18-7-4-5-8-21(18)29-20)15-25(2)23(26)16-10-12-17(13-11-16)24-31(27,28)22-9-6-14-30-22/h4-14,24H,3,15H2,1-2H3. The maximum atomic E-state index is 12.9. The second-order valence-electron chi connectivity index (χ2n) is 7.13. The lowest BCUT2D eigenvalue weighted by molar-refractivity contribution is 0.0785. The van der Waals surface area contributed by atoms with E-state index in [9.17, 15) is 13.2 Å². The molecule has 0 aliphatic heterocycles. The van der Waals surface area contributed by atoms with Gasteiger partial charge in [-0.2, -0.15) is 0 Å². The number of benzene rings is 2. The van der Waals surface area contributed by atoms with Crippen LogP contribution in [0, 0.1) is 0 Å². The van der Waals surface area contributed by atoms with E-state index in [1.807, 2.05) is 31.2 Å². The van der Waals surface area contributed by atoms with Gasteiger partial charge in [0, 0.05) is 42.2 Å². The second-order valence-corrected chi connectivity index (χ2v) is 9.99. The van der Waals surface area contributed by atoms with Gasteiger partial charge < -0.3 is 9.32 Å². The summed E-state index contributed by atoms with van der Waals surface area (Å²) >= 11 is 1.15. The summed E-state index contributed by atoms with van der Waals surface area (Å²) in [6.45, 7) is 2.45. The highest BCUT2D eigenvalue weighted by Gasteiger charge is 2.19. The van der Waals surface area contributed by atoms with Crippen molar-refractivity contribution in [3.8, 4) is 0 Å². The van der Waals surface area contributed by atoms with Crippen LogP contribution in [0.15, 0.2) is 74.7 Å². The van der Waals surface area contributed by atoms with Crippen LogP contribution in [0.1, 0.15) is 28.6 Å². The number of thiophene rings is 1. The minimum atomic E-state index is -3.62. The number of furan rings is 1. The Morgan fingerprint density at radius 2 is 1.81 bits per heavy atom. The first-order valence-electron chi connectivity index (χ1n) is 9.80. The van der Waals surface area contributed by atoms with Gasteiger partial charge in [-0.25, -0.2) is 8.42 Å². The number of carbonyl (C=O) groups excluding carboxylic acids is 1. The number of hydrogen-bond donors (Lipinski definition) is 1. The number of aryl methyl sites for hydroxylation is 1.